The number of likely N-dealkylation sites (tertiary alicyclic amines) is 1. The van der Waals surface area contributed by atoms with Crippen molar-refractivity contribution in [3.05, 3.63) is 28.1 Å². The summed E-state index contributed by atoms with van der Waals surface area (Å²) in [6.07, 6.45) is 1.18. The number of halogens is 1. The fourth-order valence-electron chi connectivity index (χ4n) is 3.22. The van der Waals surface area contributed by atoms with Gasteiger partial charge in [-0.25, -0.2) is 0 Å². The number of rotatable bonds is 1. The highest BCUT2D eigenvalue weighted by atomic mass is 35.5. The molecule has 2 N–H and O–H groups in total. The first-order valence-corrected chi connectivity index (χ1v) is 8.42. The van der Waals surface area contributed by atoms with Crippen LogP contribution in [0.15, 0.2) is 18.2 Å². The van der Waals surface area contributed by atoms with E-state index < -0.39 is 0 Å². The maximum Gasteiger partial charge on any atom is 0.266 e. The second-order valence-corrected chi connectivity index (χ2v) is 7.63. The largest absolute Gasteiger partial charge is 0.397 e. The topological polar surface area (TPSA) is 46.3 Å². The summed E-state index contributed by atoms with van der Waals surface area (Å²) in [6, 6.07) is 5.59. The van der Waals surface area contributed by atoms with Crippen molar-refractivity contribution in [2.75, 3.05) is 18.8 Å². The molecule has 0 spiro atoms. The first-order chi connectivity index (χ1) is 9.95. The maximum atomic E-state index is 12.8. The molecule has 1 amide bonds. The van der Waals surface area contributed by atoms with Crippen molar-refractivity contribution in [3.63, 3.8) is 0 Å². The van der Waals surface area contributed by atoms with E-state index >= 15 is 0 Å². The zero-order valence-corrected chi connectivity index (χ0v) is 13.8. The molecule has 1 fully saturated rings. The number of carbonyl (C=O) groups excluding carboxylic acids is 1. The predicted molar refractivity (Wildman–Crippen MR) is 90.1 cm³/mol. The van der Waals surface area contributed by atoms with Gasteiger partial charge in [-0.05, 0) is 36.5 Å². The van der Waals surface area contributed by atoms with Crippen molar-refractivity contribution in [2.45, 2.75) is 20.3 Å². The van der Waals surface area contributed by atoms with Crippen molar-refractivity contribution >= 4 is 44.6 Å². The minimum Gasteiger partial charge on any atom is -0.397 e. The lowest BCUT2D eigenvalue weighted by Gasteiger charge is -2.34. The fraction of sp³-hybridized carbons (Fsp3) is 0.438. The van der Waals surface area contributed by atoms with Crippen LogP contribution >= 0.6 is 22.9 Å². The van der Waals surface area contributed by atoms with E-state index in [-0.39, 0.29) is 5.91 Å². The Morgan fingerprint density at radius 2 is 2.00 bits per heavy atom. The number of carbonyl (C=O) groups is 1. The molecule has 1 aliphatic rings. The van der Waals surface area contributed by atoms with Crippen LogP contribution in [0.2, 0.25) is 5.02 Å². The molecule has 1 saturated heterocycles. The molecular formula is C16H19ClN2OS. The van der Waals surface area contributed by atoms with Crippen molar-refractivity contribution in [3.8, 4) is 0 Å². The molecular weight excluding hydrogens is 304 g/mol. The van der Waals surface area contributed by atoms with Gasteiger partial charge in [0.1, 0.15) is 4.88 Å². The van der Waals surface area contributed by atoms with Crippen LogP contribution in [0.5, 0.6) is 0 Å². The van der Waals surface area contributed by atoms with Gasteiger partial charge in [-0.2, -0.15) is 0 Å². The quantitative estimate of drug-likeness (QED) is 0.853. The molecule has 3 rings (SSSR count). The molecule has 2 aromatic rings. The Labute approximate surface area is 133 Å². The Morgan fingerprint density at radius 3 is 2.67 bits per heavy atom. The van der Waals surface area contributed by atoms with Crippen molar-refractivity contribution in [2.24, 2.45) is 11.8 Å². The third kappa shape index (κ3) is 2.74. The molecule has 2 atom stereocenters. The summed E-state index contributed by atoms with van der Waals surface area (Å²) in [5, 5.41) is 1.53. The van der Waals surface area contributed by atoms with Crippen LogP contribution in [0.25, 0.3) is 10.1 Å². The van der Waals surface area contributed by atoms with Crippen LogP contribution < -0.4 is 5.73 Å². The molecule has 5 heteroatoms. The first-order valence-electron chi connectivity index (χ1n) is 7.22. The third-order valence-electron chi connectivity index (χ3n) is 4.04. The molecule has 21 heavy (non-hydrogen) atoms. The summed E-state index contributed by atoms with van der Waals surface area (Å²) in [5.41, 5.74) is 6.75. The van der Waals surface area contributed by atoms with Gasteiger partial charge in [-0.1, -0.05) is 25.4 Å². The summed E-state index contributed by atoms with van der Waals surface area (Å²) in [7, 11) is 0. The minimum absolute atomic E-state index is 0.0585. The molecule has 0 saturated carbocycles. The molecule has 2 heterocycles. The average Bonchev–Trinajstić information content (AvgIpc) is 2.74. The molecule has 1 aromatic heterocycles. The zero-order chi connectivity index (χ0) is 15.1. The minimum atomic E-state index is 0.0585. The molecule has 0 bridgehead atoms. The number of nitrogens with zero attached hydrogens (tertiary/aromatic N) is 1. The Hall–Kier alpha value is -1.26. The van der Waals surface area contributed by atoms with Crippen LogP contribution in [0.4, 0.5) is 5.69 Å². The lowest BCUT2D eigenvalue weighted by Crippen LogP contribution is -2.42. The zero-order valence-electron chi connectivity index (χ0n) is 12.2. The number of hydrogen-bond donors (Lipinski definition) is 1. The summed E-state index contributed by atoms with van der Waals surface area (Å²) in [4.78, 5) is 15.4. The SMILES string of the molecule is CC1CC(C)CN(C(=O)c2sc3ccc(Cl)cc3c2N)C1. The molecule has 1 aromatic carbocycles. The Bertz CT molecular complexity index is 687. The molecule has 1 aliphatic heterocycles. The number of hydrogen-bond acceptors (Lipinski definition) is 3. The van der Waals surface area contributed by atoms with Gasteiger partial charge in [-0.15, -0.1) is 11.3 Å². The van der Waals surface area contributed by atoms with Crippen LogP contribution in [-0.2, 0) is 0 Å². The molecule has 2 unspecified atom stereocenters. The number of nitrogens with two attached hydrogens (primary N) is 1. The van der Waals surface area contributed by atoms with Crippen LogP contribution in [-0.4, -0.2) is 23.9 Å². The second-order valence-electron chi connectivity index (χ2n) is 6.14. The van der Waals surface area contributed by atoms with Gasteiger partial charge in [0.2, 0.25) is 0 Å². The second kappa shape index (κ2) is 5.50. The summed E-state index contributed by atoms with van der Waals surface area (Å²) < 4.78 is 1.01. The van der Waals surface area contributed by atoms with Crippen molar-refractivity contribution in [1.82, 2.24) is 4.90 Å². The monoisotopic (exact) mass is 322 g/mol. The third-order valence-corrected chi connectivity index (χ3v) is 5.45. The van der Waals surface area contributed by atoms with Crippen LogP contribution in [0.3, 0.4) is 0 Å². The van der Waals surface area contributed by atoms with Gasteiger partial charge in [-0.3, -0.25) is 4.79 Å². The maximum absolute atomic E-state index is 12.8. The summed E-state index contributed by atoms with van der Waals surface area (Å²) in [5.74, 6) is 1.15. The number of benzene rings is 1. The Balaban J connectivity index is 1.96. The van der Waals surface area contributed by atoms with E-state index in [2.05, 4.69) is 13.8 Å². The highest BCUT2D eigenvalue weighted by Crippen LogP contribution is 2.36. The standard InChI is InChI=1S/C16H19ClN2OS/c1-9-5-10(2)8-19(7-9)16(20)15-14(18)12-6-11(17)3-4-13(12)21-15/h3-4,6,9-10H,5,7-8,18H2,1-2H3. The van der Waals surface area contributed by atoms with E-state index in [1.807, 2.05) is 23.1 Å². The smallest absolute Gasteiger partial charge is 0.266 e. The number of thiophene rings is 1. The van der Waals surface area contributed by atoms with E-state index in [0.717, 1.165) is 23.2 Å². The Kier molecular flexibility index (Phi) is 3.84. The van der Waals surface area contributed by atoms with Gasteiger partial charge >= 0.3 is 0 Å². The molecule has 3 nitrogen and oxygen atoms in total. The number of nitrogen functional groups attached to an aromatic ring is 1. The number of anilines is 1. The van der Waals surface area contributed by atoms with Crippen LogP contribution in [0.1, 0.15) is 29.9 Å². The fourth-order valence-corrected chi connectivity index (χ4v) is 4.46. The van der Waals surface area contributed by atoms with Gasteiger partial charge in [0.15, 0.2) is 0 Å². The summed E-state index contributed by atoms with van der Waals surface area (Å²) in [6.45, 7) is 6.03. The predicted octanol–water partition coefficient (Wildman–Crippen LogP) is 4.26. The Morgan fingerprint density at radius 1 is 1.33 bits per heavy atom. The lowest BCUT2D eigenvalue weighted by atomic mass is 9.92. The number of piperidine rings is 1. The van der Waals surface area contributed by atoms with E-state index in [4.69, 9.17) is 17.3 Å². The average molecular weight is 323 g/mol. The molecule has 0 radical (unpaired) electrons. The van der Waals surface area contributed by atoms with Gasteiger partial charge < -0.3 is 10.6 Å². The van der Waals surface area contributed by atoms with Crippen molar-refractivity contribution in [1.29, 1.82) is 0 Å². The molecule has 112 valence electrons. The first kappa shape index (κ1) is 14.7. The highest BCUT2D eigenvalue weighted by Gasteiger charge is 2.28. The number of fused-ring (bicyclic) bond motifs is 1. The van der Waals surface area contributed by atoms with E-state index in [1.54, 1.807) is 0 Å². The van der Waals surface area contributed by atoms with Gasteiger partial charge in [0, 0.05) is 28.2 Å². The van der Waals surface area contributed by atoms with Gasteiger partial charge in [0.25, 0.3) is 5.91 Å². The lowest BCUT2D eigenvalue weighted by molar-refractivity contribution is 0.0629. The molecule has 0 aliphatic carbocycles. The van der Waals surface area contributed by atoms with E-state index in [9.17, 15) is 4.79 Å². The number of amides is 1. The van der Waals surface area contributed by atoms with Crippen LogP contribution in [0, 0.1) is 11.8 Å². The highest BCUT2D eigenvalue weighted by molar-refractivity contribution is 7.21. The van der Waals surface area contributed by atoms with E-state index in [1.165, 1.54) is 17.8 Å². The van der Waals surface area contributed by atoms with Crippen molar-refractivity contribution < 1.29 is 4.79 Å². The summed E-state index contributed by atoms with van der Waals surface area (Å²) >= 11 is 7.48. The normalized spacial score (nSPS) is 22.7. The van der Waals surface area contributed by atoms with Gasteiger partial charge in [0.05, 0.1) is 5.69 Å². The van der Waals surface area contributed by atoms with E-state index in [0.29, 0.717) is 27.4 Å².